The Morgan fingerprint density at radius 2 is 1.77 bits per heavy atom. The van der Waals surface area contributed by atoms with Crippen molar-refractivity contribution in [1.82, 2.24) is 8.96 Å². The Bertz CT molecular complexity index is 1170. The van der Waals surface area contributed by atoms with Crippen molar-refractivity contribution in [3.63, 3.8) is 0 Å². The molecule has 0 aliphatic rings. The summed E-state index contributed by atoms with van der Waals surface area (Å²) in [5, 5.41) is 3.92. The average molecular weight is 363 g/mol. The minimum atomic E-state index is -3.74. The van der Waals surface area contributed by atoms with E-state index >= 15 is 0 Å². The van der Waals surface area contributed by atoms with Crippen molar-refractivity contribution >= 4 is 26.6 Å². The van der Waals surface area contributed by atoms with Gasteiger partial charge >= 0.3 is 0 Å². The summed E-state index contributed by atoms with van der Waals surface area (Å²) in [6.07, 6.45) is 4.53. The summed E-state index contributed by atoms with van der Waals surface area (Å²) in [7, 11) is -1.96. The average Bonchev–Trinajstić information content (AvgIpc) is 3.08. The number of rotatable bonds is 4. The van der Waals surface area contributed by atoms with Crippen molar-refractivity contribution < 1.29 is 8.42 Å². The molecule has 0 saturated heterocycles. The fourth-order valence-electron chi connectivity index (χ4n) is 3.02. The summed E-state index contributed by atoms with van der Waals surface area (Å²) in [5.41, 5.74) is 3.38. The van der Waals surface area contributed by atoms with Gasteiger partial charge in [0.1, 0.15) is 4.90 Å². The first-order chi connectivity index (χ1) is 12.6. The number of nitrogens with zero attached hydrogens (tertiary/aromatic N) is 2. The zero-order chi connectivity index (χ0) is 18.1. The van der Waals surface area contributed by atoms with Crippen molar-refractivity contribution in [1.29, 1.82) is 0 Å². The van der Waals surface area contributed by atoms with Crippen LogP contribution in [0.5, 0.6) is 0 Å². The molecule has 0 bridgehead atoms. The first-order valence-electron chi connectivity index (χ1n) is 8.15. The lowest BCUT2D eigenvalue weighted by Crippen LogP contribution is -2.12. The molecule has 0 amide bonds. The maximum absolute atomic E-state index is 13.1. The topological polar surface area (TPSA) is 64.0 Å². The standard InChI is InChI=1S/C20H17N3O2S/c1-21-19-14-23(26(24,25)17-8-5-11-22-13-17)20-12-16(9-10-18(19)20)15-6-3-2-4-7-15/h2-14,21H,1H3. The summed E-state index contributed by atoms with van der Waals surface area (Å²) in [6.45, 7) is 0. The van der Waals surface area contributed by atoms with Gasteiger partial charge in [-0.2, -0.15) is 0 Å². The van der Waals surface area contributed by atoms with Crippen LogP contribution in [0.2, 0.25) is 0 Å². The molecule has 0 spiro atoms. The molecule has 0 unspecified atom stereocenters. The lowest BCUT2D eigenvalue weighted by atomic mass is 10.0. The van der Waals surface area contributed by atoms with E-state index in [1.807, 2.05) is 48.5 Å². The normalized spacial score (nSPS) is 11.6. The predicted octanol–water partition coefficient (Wildman–Crippen LogP) is 3.98. The molecule has 0 aliphatic carbocycles. The molecule has 26 heavy (non-hydrogen) atoms. The van der Waals surface area contributed by atoms with Gasteiger partial charge in [0.25, 0.3) is 10.0 Å². The van der Waals surface area contributed by atoms with Crippen LogP contribution in [0.1, 0.15) is 0 Å². The van der Waals surface area contributed by atoms with E-state index in [9.17, 15) is 8.42 Å². The Labute approximate surface area is 152 Å². The highest BCUT2D eigenvalue weighted by atomic mass is 32.2. The van der Waals surface area contributed by atoms with Crippen LogP contribution >= 0.6 is 0 Å². The van der Waals surface area contributed by atoms with Crippen molar-refractivity contribution in [3.8, 4) is 11.1 Å². The van der Waals surface area contributed by atoms with E-state index in [4.69, 9.17) is 0 Å². The minimum Gasteiger partial charge on any atom is -0.386 e. The zero-order valence-corrected chi connectivity index (χ0v) is 14.9. The van der Waals surface area contributed by atoms with Crippen LogP contribution in [0.25, 0.3) is 22.0 Å². The number of anilines is 1. The van der Waals surface area contributed by atoms with Gasteiger partial charge in [-0.05, 0) is 29.3 Å². The predicted molar refractivity (Wildman–Crippen MR) is 104 cm³/mol. The molecule has 0 aliphatic heterocycles. The number of benzene rings is 2. The second-order valence-electron chi connectivity index (χ2n) is 5.88. The molecule has 0 radical (unpaired) electrons. The molecule has 0 saturated carbocycles. The molecule has 6 heteroatoms. The van der Waals surface area contributed by atoms with Crippen LogP contribution in [0.15, 0.2) is 84.1 Å². The Balaban J connectivity index is 1.97. The van der Waals surface area contributed by atoms with Crippen LogP contribution in [-0.4, -0.2) is 24.4 Å². The largest absolute Gasteiger partial charge is 0.386 e. The minimum absolute atomic E-state index is 0.157. The highest BCUT2D eigenvalue weighted by Gasteiger charge is 2.21. The van der Waals surface area contributed by atoms with Gasteiger partial charge in [-0.3, -0.25) is 4.98 Å². The molecule has 1 N–H and O–H groups in total. The molecule has 2 heterocycles. The molecule has 5 nitrogen and oxygen atoms in total. The highest BCUT2D eigenvalue weighted by Crippen LogP contribution is 2.32. The van der Waals surface area contributed by atoms with E-state index in [-0.39, 0.29) is 4.90 Å². The van der Waals surface area contributed by atoms with Crippen molar-refractivity contribution in [3.05, 3.63) is 79.3 Å². The summed E-state index contributed by atoms with van der Waals surface area (Å²) in [6, 6.07) is 18.9. The fraction of sp³-hybridized carbons (Fsp3) is 0.0500. The summed E-state index contributed by atoms with van der Waals surface area (Å²) >= 11 is 0. The number of pyridine rings is 1. The maximum atomic E-state index is 13.1. The molecular formula is C20H17N3O2S. The Morgan fingerprint density at radius 3 is 2.46 bits per heavy atom. The smallest absolute Gasteiger partial charge is 0.269 e. The van der Waals surface area contributed by atoms with Gasteiger partial charge < -0.3 is 5.32 Å². The van der Waals surface area contributed by atoms with Gasteiger partial charge in [-0.25, -0.2) is 12.4 Å². The number of hydrogen-bond acceptors (Lipinski definition) is 4. The Hall–Kier alpha value is -3.12. The lowest BCUT2D eigenvalue weighted by Gasteiger charge is -2.08. The number of hydrogen-bond donors (Lipinski definition) is 1. The van der Waals surface area contributed by atoms with E-state index in [1.54, 1.807) is 31.6 Å². The van der Waals surface area contributed by atoms with Crippen LogP contribution in [0.3, 0.4) is 0 Å². The van der Waals surface area contributed by atoms with E-state index in [0.29, 0.717) is 5.52 Å². The van der Waals surface area contributed by atoms with Crippen LogP contribution in [0, 0.1) is 0 Å². The third-order valence-corrected chi connectivity index (χ3v) is 6.00. The summed E-state index contributed by atoms with van der Waals surface area (Å²) in [5.74, 6) is 0. The van der Waals surface area contributed by atoms with Gasteiger partial charge in [0.05, 0.1) is 11.2 Å². The maximum Gasteiger partial charge on any atom is 0.269 e. The SMILES string of the molecule is CNc1cn(S(=O)(=O)c2cccnc2)c2cc(-c3ccccc3)ccc12. The molecule has 2 aromatic heterocycles. The third kappa shape index (κ3) is 2.64. The second-order valence-corrected chi connectivity index (χ2v) is 7.70. The van der Waals surface area contributed by atoms with Crippen molar-refractivity contribution in [2.75, 3.05) is 12.4 Å². The van der Waals surface area contributed by atoms with Gasteiger partial charge in [-0.1, -0.05) is 42.5 Å². The molecule has 0 fully saturated rings. The number of fused-ring (bicyclic) bond motifs is 1. The van der Waals surface area contributed by atoms with Gasteiger partial charge in [0.15, 0.2) is 0 Å². The molecular weight excluding hydrogens is 346 g/mol. The quantitative estimate of drug-likeness (QED) is 0.596. The third-order valence-electron chi connectivity index (χ3n) is 4.34. The number of nitrogens with one attached hydrogen (secondary N) is 1. The first kappa shape index (κ1) is 16.4. The molecule has 4 rings (SSSR count). The van der Waals surface area contributed by atoms with E-state index in [2.05, 4.69) is 10.3 Å². The Kier molecular flexibility index (Phi) is 3.97. The molecule has 0 atom stereocenters. The monoisotopic (exact) mass is 363 g/mol. The Morgan fingerprint density at radius 1 is 0.962 bits per heavy atom. The van der Waals surface area contributed by atoms with Crippen LogP contribution in [-0.2, 0) is 10.0 Å². The van der Waals surface area contributed by atoms with Gasteiger partial charge in [-0.15, -0.1) is 0 Å². The van der Waals surface area contributed by atoms with E-state index in [0.717, 1.165) is 22.2 Å². The fourth-order valence-corrected chi connectivity index (χ4v) is 4.35. The molecule has 130 valence electrons. The van der Waals surface area contributed by atoms with E-state index in [1.165, 1.54) is 10.2 Å². The highest BCUT2D eigenvalue weighted by molar-refractivity contribution is 7.90. The molecule has 4 aromatic rings. The van der Waals surface area contributed by atoms with Crippen molar-refractivity contribution in [2.45, 2.75) is 4.90 Å². The first-order valence-corrected chi connectivity index (χ1v) is 9.59. The van der Waals surface area contributed by atoms with Crippen molar-refractivity contribution in [2.24, 2.45) is 0 Å². The van der Waals surface area contributed by atoms with Crippen LogP contribution < -0.4 is 5.32 Å². The number of aromatic nitrogens is 2. The second kappa shape index (κ2) is 6.31. The van der Waals surface area contributed by atoms with Gasteiger partial charge in [0.2, 0.25) is 0 Å². The summed E-state index contributed by atoms with van der Waals surface area (Å²) in [4.78, 5) is 4.10. The van der Waals surface area contributed by atoms with E-state index < -0.39 is 10.0 Å². The lowest BCUT2D eigenvalue weighted by molar-refractivity contribution is 0.588. The molecule has 2 aromatic carbocycles. The summed E-state index contributed by atoms with van der Waals surface area (Å²) < 4.78 is 27.6. The van der Waals surface area contributed by atoms with Crippen LogP contribution in [0.4, 0.5) is 5.69 Å². The zero-order valence-electron chi connectivity index (χ0n) is 14.1. The van der Waals surface area contributed by atoms with Gasteiger partial charge in [0, 0.05) is 31.0 Å².